The van der Waals surface area contributed by atoms with Crippen molar-refractivity contribution in [2.75, 3.05) is 26.2 Å². The molecule has 0 radical (unpaired) electrons. The second-order valence-corrected chi connectivity index (χ2v) is 5.67. The molecule has 0 aliphatic heterocycles. The van der Waals surface area contributed by atoms with Gasteiger partial charge in [-0.2, -0.15) is 0 Å². The lowest BCUT2D eigenvalue weighted by molar-refractivity contribution is -0.125. The summed E-state index contributed by atoms with van der Waals surface area (Å²) in [6.45, 7) is 8.29. The van der Waals surface area contributed by atoms with Crippen molar-refractivity contribution in [3.05, 3.63) is 0 Å². The molecular weight excluding hydrogens is 238 g/mol. The molecule has 0 saturated heterocycles. The zero-order valence-electron chi connectivity index (χ0n) is 12.7. The molecule has 0 bridgehead atoms. The van der Waals surface area contributed by atoms with Crippen molar-refractivity contribution >= 4 is 5.91 Å². The van der Waals surface area contributed by atoms with Gasteiger partial charge in [0.15, 0.2) is 0 Å². The van der Waals surface area contributed by atoms with Gasteiger partial charge in [0.2, 0.25) is 5.91 Å². The Hall–Kier alpha value is -0.610. The molecule has 19 heavy (non-hydrogen) atoms. The van der Waals surface area contributed by atoms with E-state index >= 15 is 0 Å². The highest BCUT2D eigenvalue weighted by molar-refractivity contribution is 5.84. The summed E-state index contributed by atoms with van der Waals surface area (Å²) in [4.78, 5) is 14.3. The lowest BCUT2D eigenvalue weighted by atomic mass is 9.83. The molecule has 1 aliphatic rings. The first kappa shape index (κ1) is 16.4. The van der Waals surface area contributed by atoms with E-state index in [0.717, 1.165) is 51.9 Å². The number of hydrogen-bond donors (Lipinski definition) is 2. The van der Waals surface area contributed by atoms with E-state index in [2.05, 4.69) is 24.1 Å². The Kier molecular flexibility index (Phi) is 7.39. The normalized spacial score (nSPS) is 19.9. The Morgan fingerprint density at radius 1 is 1.11 bits per heavy atom. The van der Waals surface area contributed by atoms with Crippen LogP contribution in [0, 0.1) is 0 Å². The highest BCUT2D eigenvalue weighted by Gasteiger charge is 2.35. The van der Waals surface area contributed by atoms with Crippen molar-refractivity contribution in [2.24, 2.45) is 5.73 Å². The molecule has 4 heteroatoms. The average Bonchev–Trinajstić information content (AvgIpc) is 2.36. The van der Waals surface area contributed by atoms with E-state index in [9.17, 15) is 4.79 Å². The van der Waals surface area contributed by atoms with E-state index in [1.165, 1.54) is 19.3 Å². The van der Waals surface area contributed by atoms with Gasteiger partial charge in [0.25, 0.3) is 0 Å². The first-order valence-corrected chi connectivity index (χ1v) is 7.92. The summed E-state index contributed by atoms with van der Waals surface area (Å²) in [6, 6.07) is 0. The van der Waals surface area contributed by atoms with Gasteiger partial charge in [0.1, 0.15) is 0 Å². The fourth-order valence-corrected chi connectivity index (χ4v) is 3.01. The molecule has 0 aromatic heterocycles. The molecule has 1 aliphatic carbocycles. The van der Waals surface area contributed by atoms with E-state index in [-0.39, 0.29) is 5.91 Å². The minimum absolute atomic E-state index is 0.158. The summed E-state index contributed by atoms with van der Waals surface area (Å²) >= 11 is 0. The second kappa shape index (κ2) is 8.54. The lowest BCUT2D eigenvalue weighted by Crippen LogP contribution is -2.57. The molecule has 1 fully saturated rings. The van der Waals surface area contributed by atoms with Gasteiger partial charge in [-0.05, 0) is 25.9 Å². The number of rotatable bonds is 7. The summed E-state index contributed by atoms with van der Waals surface area (Å²) in [7, 11) is 0. The van der Waals surface area contributed by atoms with Crippen LogP contribution in [0.5, 0.6) is 0 Å². The van der Waals surface area contributed by atoms with Crippen LogP contribution in [0.4, 0.5) is 0 Å². The van der Waals surface area contributed by atoms with E-state index in [4.69, 9.17) is 5.73 Å². The predicted octanol–water partition coefficient (Wildman–Crippen LogP) is 1.89. The topological polar surface area (TPSA) is 58.4 Å². The molecule has 0 heterocycles. The third kappa shape index (κ3) is 5.11. The van der Waals surface area contributed by atoms with Crippen LogP contribution in [0.3, 0.4) is 0 Å². The SMILES string of the molecule is CCN(CC)CCNC1(C(N)=O)CCCCCCC1. The van der Waals surface area contributed by atoms with Crippen LogP contribution >= 0.6 is 0 Å². The van der Waals surface area contributed by atoms with Crippen LogP contribution in [0.15, 0.2) is 0 Å². The molecule has 1 amide bonds. The summed E-state index contributed by atoms with van der Waals surface area (Å²) in [5, 5.41) is 3.49. The average molecular weight is 269 g/mol. The first-order valence-electron chi connectivity index (χ1n) is 7.92. The highest BCUT2D eigenvalue weighted by Crippen LogP contribution is 2.26. The Morgan fingerprint density at radius 3 is 2.11 bits per heavy atom. The number of likely N-dealkylation sites (N-methyl/N-ethyl adjacent to an activating group) is 1. The molecule has 0 aromatic rings. The number of carbonyl (C=O) groups excluding carboxylic acids is 1. The number of nitrogens with zero attached hydrogens (tertiary/aromatic N) is 1. The largest absolute Gasteiger partial charge is 0.368 e. The summed E-state index contributed by atoms with van der Waals surface area (Å²) in [5.74, 6) is -0.158. The van der Waals surface area contributed by atoms with Crippen LogP contribution in [0.25, 0.3) is 0 Å². The molecule has 1 rings (SSSR count). The zero-order chi connectivity index (χ0) is 14.1. The molecule has 4 nitrogen and oxygen atoms in total. The quantitative estimate of drug-likeness (QED) is 0.742. The monoisotopic (exact) mass is 269 g/mol. The van der Waals surface area contributed by atoms with Crippen LogP contribution in [0.2, 0.25) is 0 Å². The summed E-state index contributed by atoms with van der Waals surface area (Å²) in [5.41, 5.74) is 5.24. The Balaban J connectivity index is 2.52. The molecule has 0 spiro atoms. The number of amides is 1. The minimum atomic E-state index is -0.451. The molecule has 0 atom stereocenters. The summed E-state index contributed by atoms with van der Waals surface area (Å²) in [6.07, 6.45) is 7.79. The molecule has 0 aromatic carbocycles. The number of carbonyl (C=O) groups is 1. The number of nitrogens with one attached hydrogen (secondary N) is 1. The molecule has 1 saturated carbocycles. The third-order valence-electron chi connectivity index (χ3n) is 4.46. The molecule has 0 unspecified atom stereocenters. The Labute approximate surface area is 118 Å². The van der Waals surface area contributed by atoms with E-state index in [1.807, 2.05) is 0 Å². The van der Waals surface area contributed by atoms with Gasteiger partial charge < -0.3 is 16.0 Å². The van der Waals surface area contributed by atoms with Gasteiger partial charge in [0.05, 0.1) is 5.54 Å². The fourth-order valence-electron chi connectivity index (χ4n) is 3.01. The molecule has 3 N–H and O–H groups in total. The maximum Gasteiger partial charge on any atom is 0.237 e. The van der Waals surface area contributed by atoms with Crippen molar-refractivity contribution in [1.29, 1.82) is 0 Å². The van der Waals surface area contributed by atoms with Gasteiger partial charge in [-0.25, -0.2) is 0 Å². The van der Waals surface area contributed by atoms with Crippen molar-refractivity contribution in [1.82, 2.24) is 10.2 Å². The van der Waals surface area contributed by atoms with Gasteiger partial charge in [-0.15, -0.1) is 0 Å². The smallest absolute Gasteiger partial charge is 0.237 e. The fraction of sp³-hybridized carbons (Fsp3) is 0.933. The highest BCUT2D eigenvalue weighted by atomic mass is 16.1. The van der Waals surface area contributed by atoms with Gasteiger partial charge in [-0.1, -0.05) is 46.0 Å². The minimum Gasteiger partial charge on any atom is -0.368 e. The van der Waals surface area contributed by atoms with Crippen molar-refractivity contribution in [3.8, 4) is 0 Å². The maximum atomic E-state index is 11.9. The van der Waals surface area contributed by atoms with Gasteiger partial charge in [0, 0.05) is 13.1 Å². The Bertz CT molecular complexity index is 256. The van der Waals surface area contributed by atoms with Crippen molar-refractivity contribution < 1.29 is 4.79 Å². The third-order valence-corrected chi connectivity index (χ3v) is 4.46. The van der Waals surface area contributed by atoms with Crippen LogP contribution < -0.4 is 11.1 Å². The first-order chi connectivity index (χ1) is 9.14. The van der Waals surface area contributed by atoms with Crippen LogP contribution in [-0.4, -0.2) is 42.5 Å². The molecular formula is C15H31N3O. The van der Waals surface area contributed by atoms with Gasteiger partial charge in [-0.3, -0.25) is 4.79 Å². The zero-order valence-corrected chi connectivity index (χ0v) is 12.7. The van der Waals surface area contributed by atoms with Gasteiger partial charge >= 0.3 is 0 Å². The van der Waals surface area contributed by atoms with Crippen LogP contribution in [0.1, 0.15) is 58.8 Å². The van der Waals surface area contributed by atoms with E-state index in [0.29, 0.717) is 0 Å². The van der Waals surface area contributed by atoms with E-state index in [1.54, 1.807) is 0 Å². The summed E-state index contributed by atoms with van der Waals surface area (Å²) < 4.78 is 0. The standard InChI is InChI=1S/C15H31N3O/c1-3-18(4-2)13-12-17-15(14(16)19)10-8-6-5-7-9-11-15/h17H,3-13H2,1-2H3,(H2,16,19). The lowest BCUT2D eigenvalue weighted by Gasteiger charge is -2.34. The number of primary amides is 1. The number of hydrogen-bond acceptors (Lipinski definition) is 3. The van der Waals surface area contributed by atoms with E-state index < -0.39 is 5.54 Å². The predicted molar refractivity (Wildman–Crippen MR) is 80.0 cm³/mol. The maximum absolute atomic E-state index is 11.9. The number of nitrogens with two attached hydrogens (primary N) is 1. The van der Waals surface area contributed by atoms with Crippen LogP contribution in [-0.2, 0) is 4.79 Å². The second-order valence-electron chi connectivity index (χ2n) is 5.67. The molecule has 112 valence electrons. The Morgan fingerprint density at radius 2 is 1.63 bits per heavy atom. The van der Waals surface area contributed by atoms with Crippen molar-refractivity contribution in [3.63, 3.8) is 0 Å². The van der Waals surface area contributed by atoms with Crippen molar-refractivity contribution in [2.45, 2.75) is 64.3 Å².